The fourth-order valence-electron chi connectivity index (χ4n) is 4.94. The van der Waals surface area contributed by atoms with E-state index in [2.05, 4.69) is 62.5 Å². The summed E-state index contributed by atoms with van der Waals surface area (Å²) in [5.74, 6) is -0.973. The van der Waals surface area contributed by atoms with Crippen LogP contribution in [0.4, 0.5) is 0 Å². The Balaban J connectivity index is 4.41. The van der Waals surface area contributed by atoms with Crippen LogP contribution in [0.2, 0.25) is 0 Å². The van der Waals surface area contributed by atoms with Gasteiger partial charge in [0.15, 0.2) is 6.10 Å². The average molecular weight is 804 g/mol. The second-order valence-corrected chi connectivity index (χ2v) is 14.8. The molecular formula is C45H74NO9P. The van der Waals surface area contributed by atoms with Crippen LogP contribution in [0.5, 0.6) is 0 Å². The quantitative estimate of drug-likeness (QED) is 0.0182. The predicted octanol–water partition coefficient (Wildman–Crippen LogP) is 10.8. The zero-order valence-corrected chi connectivity index (χ0v) is 35.3. The highest BCUT2D eigenvalue weighted by molar-refractivity contribution is 7.47. The number of ether oxygens (including phenoxy) is 2. The van der Waals surface area contributed by atoms with E-state index >= 15 is 0 Å². The third-order valence-electron chi connectivity index (χ3n) is 8.03. The molecule has 56 heavy (non-hydrogen) atoms. The number of phosphoric ester groups is 1. The number of unbranched alkanes of at least 4 members (excludes halogenated alkanes) is 8. The van der Waals surface area contributed by atoms with Crippen LogP contribution in [-0.2, 0) is 32.7 Å². The molecule has 11 heteroatoms. The number of hydrogen-bond donors (Lipinski definition) is 3. The van der Waals surface area contributed by atoms with Crippen molar-refractivity contribution in [3.8, 4) is 0 Å². The number of allylic oxidation sites excluding steroid dienone is 14. The molecule has 0 bridgehead atoms. The smallest absolute Gasteiger partial charge is 0.462 e. The number of phosphoric acid groups is 1. The van der Waals surface area contributed by atoms with E-state index in [0.29, 0.717) is 25.7 Å². The second kappa shape index (κ2) is 40.1. The molecule has 318 valence electrons. The topological polar surface area (TPSA) is 155 Å². The van der Waals surface area contributed by atoms with Gasteiger partial charge >= 0.3 is 19.8 Å². The maximum atomic E-state index is 12.6. The summed E-state index contributed by atoms with van der Waals surface area (Å²) in [6, 6.07) is 0. The molecule has 0 aliphatic heterocycles. The van der Waals surface area contributed by atoms with Crippen molar-refractivity contribution in [1.29, 1.82) is 0 Å². The molecule has 4 N–H and O–H groups in total. The Kier molecular flexibility index (Phi) is 37.9. The van der Waals surface area contributed by atoms with Gasteiger partial charge in [-0.25, -0.2) is 4.57 Å². The monoisotopic (exact) mass is 804 g/mol. The van der Waals surface area contributed by atoms with Crippen molar-refractivity contribution in [2.75, 3.05) is 26.4 Å². The maximum absolute atomic E-state index is 12.6. The zero-order chi connectivity index (χ0) is 41.2. The van der Waals surface area contributed by atoms with Crippen molar-refractivity contribution >= 4 is 19.8 Å². The zero-order valence-electron chi connectivity index (χ0n) is 34.4. The number of aliphatic hydroxyl groups is 1. The number of esters is 2. The van der Waals surface area contributed by atoms with Crippen LogP contribution in [0, 0.1) is 0 Å². The Morgan fingerprint density at radius 1 is 0.643 bits per heavy atom. The van der Waals surface area contributed by atoms with E-state index in [4.69, 9.17) is 24.3 Å². The minimum absolute atomic E-state index is 0.0271. The van der Waals surface area contributed by atoms with E-state index in [9.17, 15) is 24.2 Å². The van der Waals surface area contributed by atoms with E-state index in [1.54, 1.807) is 6.08 Å². The van der Waals surface area contributed by atoms with Gasteiger partial charge in [0.25, 0.3) is 0 Å². The number of carbonyl (C=O) groups is 2. The molecule has 0 aromatic carbocycles. The van der Waals surface area contributed by atoms with E-state index in [1.165, 1.54) is 25.7 Å². The van der Waals surface area contributed by atoms with Gasteiger partial charge in [-0.2, -0.15) is 0 Å². The molecular weight excluding hydrogens is 729 g/mol. The van der Waals surface area contributed by atoms with Crippen molar-refractivity contribution in [1.82, 2.24) is 0 Å². The summed E-state index contributed by atoms with van der Waals surface area (Å²) in [5.41, 5.74) is 5.33. The van der Waals surface area contributed by atoms with Gasteiger partial charge in [-0.15, -0.1) is 0 Å². The molecule has 0 amide bonds. The van der Waals surface area contributed by atoms with Crippen molar-refractivity contribution in [3.05, 3.63) is 97.2 Å². The normalized spacial score (nSPS) is 14.9. The van der Waals surface area contributed by atoms with Gasteiger partial charge in [0, 0.05) is 19.4 Å². The molecule has 0 heterocycles. The molecule has 0 fully saturated rings. The van der Waals surface area contributed by atoms with Crippen molar-refractivity contribution in [3.63, 3.8) is 0 Å². The molecule has 0 spiro atoms. The molecule has 0 rings (SSSR count). The minimum Gasteiger partial charge on any atom is -0.462 e. The predicted molar refractivity (Wildman–Crippen MR) is 230 cm³/mol. The maximum Gasteiger partial charge on any atom is 0.472 e. The first-order valence-corrected chi connectivity index (χ1v) is 22.3. The molecule has 2 unspecified atom stereocenters. The molecule has 0 saturated carbocycles. The third kappa shape index (κ3) is 39.1. The number of hydrogen-bond acceptors (Lipinski definition) is 9. The summed E-state index contributed by atoms with van der Waals surface area (Å²) in [7, 11) is -4.42. The van der Waals surface area contributed by atoms with E-state index < -0.39 is 38.6 Å². The van der Waals surface area contributed by atoms with Gasteiger partial charge < -0.3 is 25.2 Å². The lowest BCUT2D eigenvalue weighted by Gasteiger charge is -2.19. The van der Waals surface area contributed by atoms with E-state index in [-0.39, 0.29) is 32.6 Å². The summed E-state index contributed by atoms with van der Waals surface area (Å²) in [6.45, 7) is 3.37. The summed E-state index contributed by atoms with van der Waals surface area (Å²) in [5, 5.41) is 10.00. The molecule has 3 atom stereocenters. The SMILES string of the molecule is CC/C=C\C/C=C\CC(O)/C=C/C=C\C/C=C\CCCC(=O)OC[C@H](COP(=O)(O)OCCN)OC(=O)CCCCCC/C=C\C/C=C\C/C=C\CCCCC. The minimum atomic E-state index is -4.42. The Labute approximate surface area is 339 Å². The standard InChI is InChI=1S/C45H74NO9P/c1-3-5-7-9-11-12-13-14-15-16-17-18-19-20-25-29-33-37-45(49)55-43(41-54-56(50,51)53-39-38-46)40-52-44(48)36-32-28-24-22-21-23-27-31-35-42(47)34-30-26-10-8-6-4-2/h6,8,11-12,14-15,17-18,22-24,26-27,30-31,35,42-43,47H,3-5,7,9-10,13,16,19-21,25,28-29,32-34,36-41,46H2,1-2H3,(H,50,51)/b8-6-,12-11-,15-14-,18-17-,24-22-,27-23-,30-26-,35-31+/t42?,43-/m1/s1. The highest BCUT2D eigenvalue weighted by Crippen LogP contribution is 2.43. The second-order valence-electron chi connectivity index (χ2n) is 13.3. The largest absolute Gasteiger partial charge is 0.472 e. The summed E-state index contributed by atoms with van der Waals surface area (Å²) in [6.07, 6.45) is 47.6. The number of nitrogens with two attached hydrogens (primary N) is 1. The molecule has 0 aliphatic carbocycles. The van der Waals surface area contributed by atoms with Gasteiger partial charge in [-0.3, -0.25) is 18.6 Å². The fraction of sp³-hybridized carbons (Fsp3) is 0.600. The number of rotatable bonds is 37. The van der Waals surface area contributed by atoms with Gasteiger partial charge in [0.1, 0.15) is 6.61 Å². The summed E-state index contributed by atoms with van der Waals surface area (Å²) in [4.78, 5) is 34.8. The van der Waals surface area contributed by atoms with Crippen LogP contribution >= 0.6 is 7.82 Å². The van der Waals surface area contributed by atoms with E-state index in [0.717, 1.165) is 57.8 Å². The first-order chi connectivity index (χ1) is 27.2. The number of aliphatic hydroxyl groups excluding tert-OH is 1. The molecule has 0 radical (unpaired) electrons. The first kappa shape index (κ1) is 52.9. The number of carbonyl (C=O) groups excluding carboxylic acids is 2. The Bertz CT molecular complexity index is 1250. The Morgan fingerprint density at radius 2 is 1.21 bits per heavy atom. The molecule has 0 saturated heterocycles. The Hall–Kier alpha value is -3.11. The lowest BCUT2D eigenvalue weighted by atomic mass is 10.1. The Morgan fingerprint density at radius 3 is 1.88 bits per heavy atom. The van der Waals surface area contributed by atoms with Crippen LogP contribution in [0.15, 0.2) is 97.2 Å². The van der Waals surface area contributed by atoms with Gasteiger partial charge in [0.05, 0.1) is 19.3 Å². The van der Waals surface area contributed by atoms with E-state index in [1.807, 2.05) is 42.5 Å². The van der Waals surface area contributed by atoms with Crippen LogP contribution in [0.25, 0.3) is 0 Å². The highest BCUT2D eigenvalue weighted by atomic mass is 31.2. The molecule has 0 aromatic heterocycles. The van der Waals surface area contributed by atoms with Crippen LogP contribution in [-0.4, -0.2) is 60.5 Å². The lowest BCUT2D eigenvalue weighted by Crippen LogP contribution is -2.29. The van der Waals surface area contributed by atoms with Crippen LogP contribution in [0.1, 0.15) is 136 Å². The fourth-order valence-corrected chi connectivity index (χ4v) is 5.70. The first-order valence-electron chi connectivity index (χ1n) is 20.8. The van der Waals surface area contributed by atoms with Crippen molar-refractivity contribution in [2.45, 2.75) is 148 Å². The van der Waals surface area contributed by atoms with Gasteiger partial charge in [-0.1, -0.05) is 137 Å². The van der Waals surface area contributed by atoms with Crippen molar-refractivity contribution < 1.29 is 42.7 Å². The molecule has 0 aromatic rings. The van der Waals surface area contributed by atoms with Gasteiger partial charge in [0.2, 0.25) is 0 Å². The summed E-state index contributed by atoms with van der Waals surface area (Å²) >= 11 is 0. The molecule has 0 aliphatic rings. The highest BCUT2D eigenvalue weighted by Gasteiger charge is 2.25. The van der Waals surface area contributed by atoms with Crippen LogP contribution < -0.4 is 5.73 Å². The van der Waals surface area contributed by atoms with Crippen LogP contribution in [0.3, 0.4) is 0 Å². The lowest BCUT2D eigenvalue weighted by molar-refractivity contribution is -0.161. The molecule has 10 nitrogen and oxygen atoms in total. The summed E-state index contributed by atoms with van der Waals surface area (Å²) < 4.78 is 32.6. The average Bonchev–Trinajstić information content (AvgIpc) is 3.18. The van der Waals surface area contributed by atoms with Gasteiger partial charge in [-0.05, 0) is 83.5 Å². The third-order valence-corrected chi connectivity index (χ3v) is 9.02. The van der Waals surface area contributed by atoms with Crippen molar-refractivity contribution in [2.24, 2.45) is 5.73 Å².